The predicted molar refractivity (Wildman–Crippen MR) is 55.8 cm³/mol. The summed E-state index contributed by atoms with van der Waals surface area (Å²) in [7, 11) is 0. The van der Waals surface area contributed by atoms with E-state index in [0.717, 1.165) is 0 Å². The second-order valence-electron chi connectivity index (χ2n) is 4.03. The Morgan fingerprint density at radius 3 is 2.88 bits per heavy atom. The van der Waals surface area contributed by atoms with E-state index >= 15 is 0 Å². The molecular weight excluding hydrogens is 226 g/mol. The van der Waals surface area contributed by atoms with Crippen molar-refractivity contribution < 1.29 is 10.0 Å². The number of oxime groups is 1. The first-order valence-corrected chi connectivity index (χ1v) is 5.12. The zero-order chi connectivity index (χ0) is 12.5. The van der Waals surface area contributed by atoms with Crippen LogP contribution in [0.2, 0.25) is 0 Å². The van der Waals surface area contributed by atoms with Gasteiger partial charge in [-0.25, -0.2) is 0 Å². The highest BCUT2D eigenvalue weighted by atomic mass is 16.4. The van der Waals surface area contributed by atoms with E-state index < -0.39 is 5.41 Å². The SMILES string of the molecule is CC(NC(=O)C1(C(N)=NO)CC1)c1nn[nH]n1. The number of H-pyrrole nitrogens is 1. The number of carbonyl (C=O) groups is 1. The van der Waals surface area contributed by atoms with Gasteiger partial charge < -0.3 is 16.3 Å². The van der Waals surface area contributed by atoms with Gasteiger partial charge in [0.2, 0.25) is 5.91 Å². The predicted octanol–water partition coefficient (Wildman–Crippen LogP) is -1.10. The number of amidine groups is 1. The third kappa shape index (κ3) is 1.90. The molecule has 1 heterocycles. The summed E-state index contributed by atoms with van der Waals surface area (Å²) in [6.07, 6.45) is 1.15. The number of tetrazole rings is 1. The van der Waals surface area contributed by atoms with Crippen LogP contribution in [0.15, 0.2) is 5.16 Å². The number of nitrogens with one attached hydrogen (secondary N) is 2. The van der Waals surface area contributed by atoms with Gasteiger partial charge in [0, 0.05) is 0 Å². The highest BCUT2D eigenvalue weighted by Gasteiger charge is 2.54. The van der Waals surface area contributed by atoms with E-state index in [-0.39, 0.29) is 17.8 Å². The molecule has 0 saturated heterocycles. The van der Waals surface area contributed by atoms with Crippen molar-refractivity contribution in [2.45, 2.75) is 25.8 Å². The largest absolute Gasteiger partial charge is 0.409 e. The molecule has 1 aromatic rings. The summed E-state index contributed by atoms with van der Waals surface area (Å²) in [5, 5.41) is 27.5. The smallest absolute Gasteiger partial charge is 0.234 e. The van der Waals surface area contributed by atoms with Crippen LogP contribution in [0.5, 0.6) is 0 Å². The number of nitrogens with two attached hydrogens (primary N) is 1. The summed E-state index contributed by atoms with van der Waals surface area (Å²) in [5.74, 6) is 0.0362. The lowest BCUT2D eigenvalue weighted by Crippen LogP contribution is -2.41. The molecule has 5 N–H and O–H groups in total. The first-order chi connectivity index (χ1) is 8.10. The van der Waals surface area contributed by atoms with Crippen molar-refractivity contribution in [1.82, 2.24) is 25.9 Å². The summed E-state index contributed by atoms with van der Waals surface area (Å²) < 4.78 is 0. The number of nitrogens with zero attached hydrogens (tertiary/aromatic N) is 4. The average molecular weight is 239 g/mol. The van der Waals surface area contributed by atoms with E-state index in [4.69, 9.17) is 10.9 Å². The molecule has 9 heteroatoms. The Hall–Kier alpha value is -2.19. The van der Waals surface area contributed by atoms with Crippen LogP contribution >= 0.6 is 0 Å². The highest BCUT2D eigenvalue weighted by Crippen LogP contribution is 2.46. The fourth-order valence-corrected chi connectivity index (χ4v) is 1.57. The molecule has 0 spiro atoms. The van der Waals surface area contributed by atoms with Crippen molar-refractivity contribution >= 4 is 11.7 Å². The zero-order valence-corrected chi connectivity index (χ0v) is 9.21. The minimum Gasteiger partial charge on any atom is -0.409 e. The molecule has 1 unspecified atom stereocenters. The summed E-state index contributed by atoms with van der Waals surface area (Å²) >= 11 is 0. The molecule has 1 amide bonds. The molecule has 9 nitrogen and oxygen atoms in total. The summed E-state index contributed by atoms with van der Waals surface area (Å²) in [5.41, 5.74) is 4.63. The van der Waals surface area contributed by atoms with Gasteiger partial charge in [-0.1, -0.05) is 10.4 Å². The molecule has 1 fully saturated rings. The second kappa shape index (κ2) is 4.00. The third-order valence-corrected chi connectivity index (χ3v) is 2.88. The van der Waals surface area contributed by atoms with E-state index in [9.17, 15) is 4.79 Å². The lowest BCUT2D eigenvalue weighted by molar-refractivity contribution is -0.124. The first-order valence-electron chi connectivity index (χ1n) is 5.12. The molecule has 1 aromatic heterocycles. The Morgan fingerprint density at radius 2 is 2.41 bits per heavy atom. The fraction of sp³-hybridized carbons (Fsp3) is 0.625. The number of aromatic amines is 1. The molecule has 17 heavy (non-hydrogen) atoms. The maximum absolute atomic E-state index is 12.0. The van der Waals surface area contributed by atoms with Crippen LogP contribution in [0.3, 0.4) is 0 Å². The van der Waals surface area contributed by atoms with Crippen LogP contribution in [0.4, 0.5) is 0 Å². The standard InChI is InChI=1S/C8H13N7O2/c1-4(5-11-14-15-12-5)10-7(16)8(2-3-8)6(9)13-17/h4,17H,2-3H2,1H3,(H2,9,13)(H,10,16)(H,11,12,14,15). The quantitative estimate of drug-likeness (QED) is 0.227. The monoisotopic (exact) mass is 239 g/mol. The van der Waals surface area contributed by atoms with Crippen LogP contribution in [0.25, 0.3) is 0 Å². The Morgan fingerprint density at radius 1 is 1.71 bits per heavy atom. The summed E-state index contributed by atoms with van der Waals surface area (Å²) in [4.78, 5) is 12.0. The molecular formula is C8H13N7O2. The lowest BCUT2D eigenvalue weighted by atomic mass is 10.0. The van der Waals surface area contributed by atoms with E-state index in [1.165, 1.54) is 0 Å². The Bertz CT molecular complexity index is 437. The topological polar surface area (TPSA) is 142 Å². The van der Waals surface area contributed by atoms with Gasteiger partial charge in [0.15, 0.2) is 11.7 Å². The minimum atomic E-state index is -0.868. The number of carbonyl (C=O) groups excluding carboxylic acids is 1. The van der Waals surface area contributed by atoms with Gasteiger partial charge in [-0.05, 0) is 19.8 Å². The average Bonchev–Trinajstić information content (AvgIpc) is 2.95. The van der Waals surface area contributed by atoms with Crippen LogP contribution in [-0.4, -0.2) is 37.6 Å². The first kappa shape index (κ1) is 11.3. The molecule has 1 saturated carbocycles. The van der Waals surface area contributed by atoms with Crippen molar-refractivity contribution in [2.75, 3.05) is 0 Å². The van der Waals surface area contributed by atoms with Gasteiger partial charge in [0.05, 0.1) is 6.04 Å². The van der Waals surface area contributed by atoms with Crippen LogP contribution in [-0.2, 0) is 4.79 Å². The molecule has 2 rings (SSSR count). The number of hydrogen-bond acceptors (Lipinski definition) is 6. The van der Waals surface area contributed by atoms with Gasteiger partial charge in [-0.3, -0.25) is 4.79 Å². The van der Waals surface area contributed by atoms with E-state index in [0.29, 0.717) is 18.7 Å². The van der Waals surface area contributed by atoms with Gasteiger partial charge in [0.25, 0.3) is 0 Å². The normalized spacial score (nSPS) is 19.7. The summed E-state index contributed by atoms with van der Waals surface area (Å²) in [6, 6.07) is -0.384. The Balaban J connectivity index is 2.03. The molecule has 1 aliphatic carbocycles. The number of hydrogen-bond donors (Lipinski definition) is 4. The third-order valence-electron chi connectivity index (χ3n) is 2.88. The molecule has 1 atom stereocenters. The van der Waals surface area contributed by atoms with Crippen LogP contribution < -0.4 is 11.1 Å². The van der Waals surface area contributed by atoms with E-state index in [2.05, 4.69) is 31.1 Å². The van der Waals surface area contributed by atoms with Crippen molar-refractivity contribution in [3.63, 3.8) is 0 Å². The van der Waals surface area contributed by atoms with Gasteiger partial charge >= 0.3 is 0 Å². The highest BCUT2D eigenvalue weighted by molar-refractivity contribution is 6.09. The molecule has 0 radical (unpaired) electrons. The molecule has 1 aliphatic rings. The van der Waals surface area contributed by atoms with E-state index in [1.54, 1.807) is 6.92 Å². The van der Waals surface area contributed by atoms with Crippen molar-refractivity contribution in [2.24, 2.45) is 16.3 Å². The van der Waals surface area contributed by atoms with E-state index in [1.807, 2.05) is 0 Å². The number of amides is 1. The number of aromatic nitrogens is 4. The van der Waals surface area contributed by atoms with Gasteiger partial charge in [0.1, 0.15) is 5.41 Å². The molecule has 0 aliphatic heterocycles. The maximum atomic E-state index is 12.0. The van der Waals surface area contributed by atoms with Crippen molar-refractivity contribution in [1.29, 1.82) is 0 Å². The molecule has 92 valence electrons. The molecule has 0 bridgehead atoms. The van der Waals surface area contributed by atoms with Crippen LogP contribution in [0, 0.1) is 5.41 Å². The Kier molecular flexibility index (Phi) is 2.66. The maximum Gasteiger partial charge on any atom is 0.234 e. The van der Waals surface area contributed by atoms with Crippen molar-refractivity contribution in [3.05, 3.63) is 5.82 Å². The second-order valence-corrected chi connectivity index (χ2v) is 4.03. The van der Waals surface area contributed by atoms with Crippen molar-refractivity contribution in [3.8, 4) is 0 Å². The number of rotatable bonds is 4. The lowest BCUT2D eigenvalue weighted by Gasteiger charge is -2.16. The minimum absolute atomic E-state index is 0.0599. The van der Waals surface area contributed by atoms with Crippen LogP contribution in [0.1, 0.15) is 31.6 Å². The zero-order valence-electron chi connectivity index (χ0n) is 9.21. The molecule has 0 aromatic carbocycles. The summed E-state index contributed by atoms with van der Waals surface area (Å²) in [6.45, 7) is 1.73. The van der Waals surface area contributed by atoms with Gasteiger partial charge in [-0.15, -0.1) is 10.2 Å². The Labute approximate surface area is 96.4 Å². The van der Waals surface area contributed by atoms with Gasteiger partial charge in [-0.2, -0.15) is 5.21 Å². The fourth-order valence-electron chi connectivity index (χ4n) is 1.57.